The highest BCUT2D eigenvalue weighted by Gasteiger charge is 2.34. The molecule has 0 aromatic carbocycles. The quantitative estimate of drug-likeness (QED) is 0.580. The lowest BCUT2D eigenvalue weighted by Gasteiger charge is -2.05. The van der Waals surface area contributed by atoms with Gasteiger partial charge in [0.2, 0.25) is 5.95 Å². The van der Waals surface area contributed by atoms with E-state index in [4.69, 9.17) is 0 Å². The van der Waals surface area contributed by atoms with Crippen LogP contribution in [0.2, 0.25) is 0 Å². The number of hydrogen-bond donors (Lipinski definition) is 1. The highest BCUT2D eigenvalue weighted by Crippen LogP contribution is 2.35. The smallest absolute Gasteiger partial charge is 0.330 e. The molecule has 5 nitrogen and oxygen atoms in total. The number of anilines is 2. The summed E-state index contributed by atoms with van der Waals surface area (Å²) in [5, 5.41) is 2.28. The van der Waals surface area contributed by atoms with E-state index in [0.717, 1.165) is 18.6 Å². The third-order valence-corrected chi connectivity index (χ3v) is 3.41. The van der Waals surface area contributed by atoms with Gasteiger partial charge in [0.1, 0.15) is 17.1 Å². The number of aromatic nitrogens is 4. The van der Waals surface area contributed by atoms with E-state index in [9.17, 15) is 17.6 Å². The van der Waals surface area contributed by atoms with Crippen LogP contribution in [-0.2, 0) is 6.18 Å². The molecule has 0 unspecified atom stereocenters. The fourth-order valence-electron chi connectivity index (χ4n) is 1.60. The van der Waals surface area contributed by atoms with Crippen molar-refractivity contribution in [2.24, 2.45) is 0 Å². The third-order valence-electron chi connectivity index (χ3n) is 2.45. The molecule has 21 heavy (non-hydrogen) atoms. The zero-order valence-corrected chi connectivity index (χ0v) is 10.8. The molecule has 3 heterocycles. The second-order valence-electron chi connectivity index (χ2n) is 3.88. The van der Waals surface area contributed by atoms with Crippen molar-refractivity contribution in [3.05, 3.63) is 35.6 Å². The first kappa shape index (κ1) is 13.6. The van der Waals surface area contributed by atoms with Crippen LogP contribution < -0.4 is 5.32 Å². The molecule has 3 rings (SSSR count). The monoisotopic (exact) mass is 315 g/mol. The second kappa shape index (κ2) is 4.88. The summed E-state index contributed by atoms with van der Waals surface area (Å²) in [4.78, 5) is 14.6. The van der Waals surface area contributed by atoms with E-state index < -0.39 is 17.1 Å². The number of fused-ring (bicyclic) bond motifs is 1. The second-order valence-corrected chi connectivity index (χ2v) is 4.91. The minimum atomic E-state index is -4.50. The summed E-state index contributed by atoms with van der Waals surface area (Å²) < 4.78 is 50.4. The Balaban J connectivity index is 1.97. The molecular weight excluding hydrogens is 310 g/mol. The van der Waals surface area contributed by atoms with Gasteiger partial charge in [-0.25, -0.2) is 15.0 Å². The van der Waals surface area contributed by atoms with Crippen molar-refractivity contribution < 1.29 is 17.6 Å². The Hall–Kier alpha value is -2.36. The summed E-state index contributed by atoms with van der Waals surface area (Å²) >= 11 is 0.444. The Morgan fingerprint density at radius 1 is 1.10 bits per heavy atom. The van der Waals surface area contributed by atoms with Crippen LogP contribution in [0.15, 0.2) is 24.7 Å². The van der Waals surface area contributed by atoms with E-state index in [-0.39, 0.29) is 16.5 Å². The third kappa shape index (κ3) is 2.75. The van der Waals surface area contributed by atoms with Gasteiger partial charge in [0, 0.05) is 0 Å². The number of nitrogens with one attached hydrogen (secondary N) is 1. The molecule has 0 aliphatic carbocycles. The van der Waals surface area contributed by atoms with Gasteiger partial charge in [-0.2, -0.15) is 22.5 Å². The summed E-state index contributed by atoms with van der Waals surface area (Å²) in [6.45, 7) is 0. The predicted octanol–water partition coefficient (Wildman–Crippen LogP) is 3.38. The summed E-state index contributed by atoms with van der Waals surface area (Å²) in [6, 6.07) is 2.51. The number of rotatable bonds is 2. The van der Waals surface area contributed by atoms with Gasteiger partial charge in [-0.15, -0.1) is 0 Å². The molecule has 0 amide bonds. The van der Waals surface area contributed by atoms with Crippen molar-refractivity contribution in [1.82, 2.24) is 19.9 Å². The first-order valence-electron chi connectivity index (χ1n) is 5.51. The first-order chi connectivity index (χ1) is 9.93. The van der Waals surface area contributed by atoms with Crippen LogP contribution in [-0.4, -0.2) is 19.9 Å². The summed E-state index contributed by atoms with van der Waals surface area (Å²) in [5.41, 5.74) is 0.105. The molecule has 0 aliphatic rings. The summed E-state index contributed by atoms with van der Waals surface area (Å²) in [6.07, 6.45) is -2.30. The number of hydrogen-bond acceptors (Lipinski definition) is 6. The molecule has 10 heteroatoms. The van der Waals surface area contributed by atoms with Crippen LogP contribution in [0.3, 0.4) is 0 Å². The molecule has 0 spiro atoms. The zero-order chi connectivity index (χ0) is 15.0. The van der Waals surface area contributed by atoms with E-state index in [1.807, 2.05) is 0 Å². The summed E-state index contributed by atoms with van der Waals surface area (Å²) in [5.74, 6) is -0.478. The molecule has 0 saturated carbocycles. The standard InChI is InChI=1S/C11H5F4N5S/c12-6-2-1-5-8(19-6)17-4-18-9(5)20-7-3-16-10(21-7)11(13,14)15/h1-4H,(H,17,18,19,20). The van der Waals surface area contributed by atoms with Crippen molar-refractivity contribution in [3.8, 4) is 0 Å². The first-order valence-corrected chi connectivity index (χ1v) is 6.32. The van der Waals surface area contributed by atoms with E-state index in [2.05, 4.69) is 25.3 Å². The van der Waals surface area contributed by atoms with E-state index in [1.165, 1.54) is 6.07 Å². The van der Waals surface area contributed by atoms with Gasteiger partial charge >= 0.3 is 6.18 Å². The number of thiazole rings is 1. The van der Waals surface area contributed by atoms with Crippen LogP contribution in [0, 0.1) is 5.95 Å². The lowest BCUT2D eigenvalue weighted by molar-refractivity contribution is -0.137. The zero-order valence-electron chi connectivity index (χ0n) is 10.0. The predicted molar refractivity (Wildman–Crippen MR) is 67.7 cm³/mol. The minimum absolute atomic E-state index is 0.105. The van der Waals surface area contributed by atoms with Crippen LogP contribution in [0.4, 0.5) is 28.4 Å². The van der Waals surface area contributed by atoms with Gasteiger partial charge in [-0.1, -0.05) is 11.3 Å². The Labute approximate surface area is 118 Å². The van der Waals surface area contributed by atoms with Crippen molar-refractivity contribution in [3.63, 3.8) is 0 Å². The molecule has 0 fully saturated rings. The summed E-state index contributed by atoms with van der Waals surface area (Å²) in [7, 11) is 0. The molecule has 0 radical (unpaired) electrons. The maximum absolute atomic E-state index is 13.0. The average Bonchev–Trinajstić information content (AvgIpc) is 2.87. The average molecular weight is 315 g/mol. The number of pyridine rings is 1. The van der Waals surface area contributed by atoms with Crippen molar-refractivity contribution in [2.75, 3.05) is 5.32 Å². The normalized spacial score (nSPS) is 11.8. The Morgan fingerprint density at radius 2 is 1.90 bits per heavy atom. The lowest BCUT2D eigenvalue weighted by Crippen LogP contribution is -2.02. The van der Waals surface area contributed by atoms with E-state index in [1.54, 1.807) is 0 Å². The molecule has 3 aromatic heterocycles. The maximum atomic E-state index is 13.0. The van der Waals surface area contributed by atoms with Gasteiger partial charge in [0.15, 0.2) is 10.7 Å². The fourth-order valence-corrected chi connectivity index (χ4v) is 2.28. The SMILES string of the molecule is Fc1ccc2c(Nc3cnc(C(F)(F)F)s3)ncnc2n1. The van der Waals surface area contributed by atoms with Gasteiger partial charge in [-0.05, 0) is 12.1 Å². The van der Waals surface area contributed by atoms with Crippen LogP contribution in [0.5, 0.6) is 0 Å². The van der Waals surface area contributed by atoms with Crippen LogP contribution >= 0.6 is 11.3 Å². The van der Waals surface area contributed by atoms with Gasteiger partial charge < -0.3 is 5.32 Å². The lowest BCUT2D eigenvalue weighted by atomic mass is 10.3. The molecule has 1 N–H and O–H groups in total. The number of alkyl halides is 3. The van der Waals surface area contributed by atoms with E-state index in [0.29, 0.717) is 16.7 Å². The molecule has 108 valence electrons. The maximum Gasteiger partial charge on any atom is 0.443 e. The van der Waals surface area contributed by atoms with Crippen molar-refractivity contribution >= 4 is 33.2 Å². The molecule has 0 saturated heterocycles. The van der Waals surface area contributed by atoms with Gasteiger partial charge in [0.25, 0.3) is 0 Å². The number of nitrogens with zero attached hydrogens (tertiary/aromatic N) is 4. The van der Waals surface area contributed by atoms with E-state index >= 15 is 0 Å². The minimum Gasteiger partial charge on any atom is -0.330 e. The molecule has 0 aliphatic heterocycles. The highest BCUT2D eigenvalue weighted by molar-refractivity contribution is 7.15. The van der Waals surface area contributed by atoms with Crippen molar-refractivity contribution in [2.45, 2.75) is 6.18 Å². The Kier molecular flexibility index (Phi) is 3.16. The van der Waals surface area contributed by atoms with Crippen LogP contribution in [0.1, 0.15) is 5.01 Å². The molecule has 0 bridgehead atoms. The van der Waals surface area contributed by atoms with Gasteiger partial charge in [-0.3, -0.25) is 0 Å². The Morgan fingerprint density at radius 3 is 2.62 bits per heavy atom. The highest BCUT2D eigenvalue weighted by atomic mass is 32.1. The fraction of sp³-hybridized carbons (Fsp3) is 0.0909. The van der Waals surface area contributed by atoms with Gasteiger partial charge in [0.05, 0.1) is 11.6 Å². The Bertz CT molecular complexity index is 801. The largest absolute Gasteiger partial charge is 0.443 e. The molecule has 3 aromatic rings. The van der Waals surface area contributed by atoms with Crippen LogP contribution in [0.25, 0.3) is 11.0 Å². The number of halogens is 4. The topological polar surface area (TPSA) is 63.6 Å². The molecule has 0 atom stereocenters. The molecular formula is C11H5F4N5S. The van der Waals surface area contributed by atoms with Crippen molar-refractivity contribution in [1.29, 1.82) is 0 Å².